The molecule has 0 radical (unpaired) electrons. The van der Waals surface area contributed by atoms with Crippen LogP contribution in [0.1, 0.15) is 0 Å². The van der Waals surface area contributed by atoms with Crippen molar-refractivity contribution in [1.29, 1.82) is 0 Å². The Kier molecular flexibility index (Phi) is 7.46. The summed E-state index contributed by atoms with van der Waals surface area (Å²) < 4.78 is 14.0. The summed E-state index contributed by atoms with van der Waals surface area (Å²) in [6.07, 6.45) is 3.67. The normalized spacial score (nSPS) is 12.9. The number of anilines is 6. The molecule has 2 aromatic heterocycles. The van der Waals surface area contributed by atoms with Gasteiger partial charge in [-0.3, -0.25) is 4.98 Å². The Labute approximate surface area is 340 Å². The standard InChI is InChI=1S/C50H31BN6O2/c1-3-13-32(14-4-1)48-53-49(33-15-5-2-6-16-33)55-50(54-48)34-23-25-35(26-24-34)56-40-20-10-12-22-43(40)59-47-41(56)31-44-45-46(47)57(36-27-29-52-30-28-36)39-19-9-7-17-37(39)51(45)38-18-8-11-21-42(38)58-44/h1-31H. The van der Waals surface area contributed by atoms with Crippen molar-refractivity contribution in [2.24, 2.45) is 0 Å². The second kappa shape index (κ2) is 13.3. The van der Waals surface area contributed by atoms with E-state index in [-0.39, 0.29) is 6.71 Å². The zero-order valence-electron chi connectivity index (χ0n) is 31.5. The van der Waals surface area contributed by atoms with Crippen molar-refractivity contribution in [3.05, 3.63) is 188 Å². The van der Waals surface area contributed by atoms with Gasteiger partial charge in [-0.1, -0.05) is 109 Å². The first-order valence-corrected chi connectivity index (χ1v) is 19.6. The number of rotatable bonds is 5. The summed E-state index contributed by atoms with van der Waals surface area (Å²) in [6, 6.07) is 59.9. The molecule has 0 saturated heterocycles. The van der Waals surface area contributed by atoms with Gasteiger partial charge in [0.1, 0.15) is 11.5 Å². The molecule has 12 rings (SSSR count). The van der Waals surface area contributed by atoms with E-state index < -0.39 is 0 Å². The van der Waals surface area contributed by atoms with Gasteiger partial charge in [-0.15, -0.1) is 0 Å². The first-order chi connectivity index (χ1) is 29.3. The van der Waals surface area contributed by atoms with Gasteiger partial charge in [-0.2, -0.15) is 0 Å². The lowest BCUT2D eigenvalue weighted by Crippen LogP contribution is -2.59. The molecule has 0 unspecified atom stereocenters. The smallest absolute Gasteiger partial charge is 0.256 e. The number of hydrogen-bond acceptors (Lipinski definition) is 8. The number of aromatic nitrogens is 4. The van der Waals surface area contributed by atoms with Gasteiger partial charge < -0.3 is 19.3 Å². The Bertz CT molecular complexity index is 3020. The van der Waals surface area contributed by atoms with E-state index in [1.807, 2.05) is 109 Å². The molecule has 59 heavy (non-hydrogen) atoms. The second-order valence-electron chi connectivity index (χ2n) is 14.6. The van der Waals surface area contributed by atoms with Gasteiger partial charge in [0, 0.05) is 57.7 Å². The monoisotopic (exact) mass is 758 g/mol. The van der Waals surface area contributed by atoms with E-state index >= 15 is 0 Å². The average Bonchev–Trinajstić information content (AvgIpc) is 3.31. The average molecular weight is 759 g/mol. The molecule has 0 fully saturated rings. The molecule has 0 spiro atoms. The highest BCUT2D eigenvalue weighted by molar-refractivity contribution is 6.99. The maximum absolute atomic E-state index is 7.08. The molecule has 0 amide bonds. The van der Waals surface area contributed by atoms with Gasteiger partial charge in [0.05, 0.1) is 17.1 Å². The zero-order chi connectivity index (χ0) is 38.9. The largest absolute Gasteiger partial charge is 0.458 e. The number of fused-ring (bicyclic) bond motifs is 7. The Balaban J connectivity index is 1.05. The first kappa shape index (κ1) is 33.1. The van der Waals surface area contributed by atoms with E-state index in [1.54, 1.807) is 0 Å². The van der Waals surface area contributed by atoms with E-state index in [9.17, 15) is 0 Å². The first-order valence-electron chi connectivity index (χ1n) is 19.6. The third kappa shape index (κ3) is 5.32. The summed E-state index contributed by atoms with van der Waals surface area (Å²) in [4.78, 5) is 23.8. The van der Waals surface area contributed by atoms with Crippen LogP contribution in [-0.4, -0.2) is 26.6 Å². The Morgan fingerprint density at radius 2 is 0.949 bits per heavy atom. The summed E-state index contributed by atoms with van der Waals surface area (Å²) in [7, 11) is 0. The van der Waals surface area contributed by atoms with E-state index in [0.717, 1.165) is 84.7 Å². The molecule has 8 nitrogen and oxygen atoms in total. The highest BCUT2D eigenvalue weighted by atomic mass is 16.5. The van der Waals surface area contributed by atoms with Crippen LogP contribution >= 0.6 is 0 Å². The molecule has 9 aromatic rings. The topological polar surface area (TPSA) is 76.5 Å². The summed E-state index contributed by atoms with van der Waals surface area (Å²) >= 11 is 0. The van der Waals surface area contributed by atoms with Gasteiger partial charge >= 0.3 is 0 Å². The molecule has 5 heterocycles. The Morgan fingerprint density at radius 1 is 0.407 bits per heavy atom. The quantitative estimate of drug-likeness (QED) is 0.161. The fraction of sp³-hybridized carbons (Fsp3) is 0. The third-order valence-electron chi connectivity index (χ3n) is 11.3. The molecule has 3 aliphatic heterocycles. The number of pyridine rings is 1. The van der Waals surface area contributed by atoms with Gasteiger partial charge in [0.25, 0.3) is 6.71 Å². The molecular formula is C50H31BN6O2. The lowest BCUT2D eigenvalue weighted by molar-refractivity contribution is 0.469. The maximum atomic E-state index is 7.08. The Hall–Kier alpha value is -8.04. The van der Waals surface area contributed by atoms with Gasteiger partial charge in [0.2, 0.25) is 0 Å². The highest BCUT2D eigenvalue weighted by Crippen LogP contribution is 2.57. The van der Waals surface area contributed by atoms with E-state index in [4.69, 9.17) is 24.4 Å². The lowest BCUT2D eigenvalue weighted by atomic mass is 9.34. The van der Waals surface area contributed by atoms with Crippen LogP contribution in [0.3, 0.4) is 0 Å². The van der Waals surface area contributed by atoms with Crippen LogP contribution in [0.25, 0.3) is 34.2 Å². The SMILES string of the molecule is c1ccc(-c2nc(-c3ccccc3)nc(-c3ccc(N4c5ccccc5Oc5c4cc4c6c5N(c5ccncc5)c5ccccc5B6c5ccccc5O4)cc3)n2)cc1. The molecule has 0 atom stereocenters. The van der Waals surface area contributed by atoms with Crippen molar-refractivity contribution >= 4 is 57.2 Å². The minimum atomic E-state index is -0.0695. The van der Waals surface area contributed by atoms with Crippen molar-refractivity contribution in [2.45, 2.75) is 0 Å². The van der Waals surface area contributed by atoms with Crippen molar-refractivity contribution in [3.8, 4) is 57.2 Å². The van der Waals surface area contributed by atoms with Crippen LogP contribution in [0.5, 0.6) is 23.0 Å². The molecule has 0 aliphatic carbocycles. The van der Waals surface area contributed by atoms with Crippen LogP contribution in [0.2, 0.25) is 0 Å². The highest BCUT2D eigenvalue weighted by Gasteiger charge is 2.45. The molecule has 7 aromatic carbocycles. The van der Waals surface area contributed by atoms with Crippen LogP contribution in [0.15, 0.2) is 188 Å². The van der Waals surface area contributed by atoms with Crippen LogP contribution in [0, 0.1) is 0 Å². The van der Waals surface area contributed by atoms with E-state index in [1.165, 1.54) is 5.46 Å². The predicted octanol–water partition coefficient (Wildman–Crippen LogP) is 10.2. The summed E-state index contributed by atoms with van der Waals surface area (Å²) in [5, 5.41) is 0. The van der Waals surface area contributed by atoms with E-state index in [0.29, 0.717) is 17.5 Å². The van der Waals surface area contributed by atoms with Crippen molar-refractivity contribution in [3.63, 3.8) is 0 Å². The van der Waals surface area contributed by atoms with Gasteiger partial charge in [-0.05, 0) is 71.6 Å². The molecular weight excluding hydrogens is 727 g/mol. The molecule has 3 aliphatic rings. The molecule has 9 heteroatoms. The molecule has 0 N–H and O–H groups in total. The number of nitrogens with zero attached hydrogens (tertiary/aromatic N) is 6. The van der Waals surface area contributed by atoms with E-state index in [2.05, 4.69) is 93.6 Å². The number of hydrogen-bond donors (Lipinski definition) is 0. The molecule has 0 saturated carbocycles. The van der Waals surface area contributed by atoms with Crippen molar-refractivity contribution in [2.75, 3.05) is 9.80 Å². The minimum Gasteiger partial charge on any atom is -0.458 e. The molecule has 0 bridgehead atoms. The van der Waals surface area contributed by atoms with Crippen LogP contribution < -0.4 is 35.7 Å². The number of benzene rings is 7. The van der Waals surface area contributed by atoms with Crippen LogP contribution in [0.4, 0.5) is 34.1 Å². The molecule has 276 valence electrons. The fourth-order valence-electron chi connectivity index (χ4n) is 8.65. The minimum absolute atomic E-state index is 0.0695. The predicted molar refractivity (Wildman–Crippen MR) is 235 cm³/mol. The number of ether oxygens (including phenoxy) is 2. The number of para-hydroxylation sites is 4. The van der Waals surface area contributed by atoms with Gasteiger partial charge in [0.15, 0.2) is 29.0 Å². The maximum Gasteiger partial charge on any atom is 0.256 e. The summed E-state index contributed by atoms with van der Waals surface area (Å²) in [6.45, 7) is -0.0695. The van der Waals surface area contributed by atoms with Crippen molar-refractivity contribution < 1.29 is 9.47 Å². The van der Waals surface area contributed by atoms with Crippen molar-refractivity contribution in [1.82, 2.24) is 19.9 Å². The fourth-order valence-corrected chi connectivity index (χ4v) is 8.65. The lowest BCUT2D eigenvalue weighted by Gasteiger charge is -2.43. The summed E-state index contributed by atoms with van der Waals surface area (Å²) in [5.74, 6) is 4.95. The van der Waals surface area contributed by atoms with Gasteiger partial charge in [-0.25, -0.2) is 15.0 Å². The van der Waals surface area contributed by atoms with Crippen LogP contribution in [-0.2, 0) is 0 Å². The Morgan fingerprint density at radius 3 is 1.63 bits per heavy atom. The summed E-state index contributed by atoms with van der Waals surface area (Å²) in [5.41, 5.74) is 11.8. The zero-order valence-corrected chi connectivity index (χ0v) is 31.5. The second-order valence-corrected chi connectivity index (χ2v) is 14.6. The third-order valence-corrected chi connectivity index (χ3v) is 11.3.